The van der Waals surface area contributed by atoms with Crippen LogP contribution in [0.4, 0.5) is 5.69 Å². The van der Waals surface area contributed by atoms with Crippen molar-refractivity contribution < 1.29 is 5.11 Å². The largest absolute Gasteiger partial charge is 0.508 e. The fraction of sp³-hybridized carbons (Fsp3) is 0.455. The summed E-state index contributed by atoms with van der Waals surface area (Å²) in [5.74, 6) is 0.354. The molecule has 0 aliphatic rings. The van der Waals surface area contributed by atoms with Crippen molar-refractivity contribution in [1.82, 2.24) is 0 Å². The van der Waals surface area contributed by atoms with Gasteiger partial charge in [-0.1, -0.05) is 0 Å². The van der Waals surface area contributed by atoms with E-state index >= 15 is 0 Å². The van der Waals surface area contributed by atoms with E-state index in [0.717, 1.165) is 29.8 Å². The van der Waals surface area contributed by atoms with Crippen molar-refractivity contribution in [2.24, 2.45) is 5.73 Å². The lowest BCUT2D eigenvalue weighted by Crippen LogP contribution is -2.09. The third-order valence-electron chi connectivity index (χ3n) is 2.24. The van der Waals surface area contributed by atoms with Crippen LogP contribution in [0.3, 0.4) is 0 Å². The van der Waals surface area contributed by atoms with E-state index < -0.39 is 0 Å². The van der Waals surface area contributed by atoms with E-state index in [1.165, 1.54) is 0 Å². The molecule has 0 aromatic heterocycles. The molecular formula is C11H18N2O. The number of hydrogen-bond acceptors (Lipinski definition) is 3. The summed E-state index contributed by atoms with van der Waals surface area (Å²) in [5, 5.41) is 12.7. The fourth-order valence-corrected chi connectivity index (χ4v) is 1.32. The highest BCUT2D eigenvalue weighted by atomic mass is 16.3. The van der Waals surface area contributed by atoms with Crippen molar-refractivity contribution in [2.75, 3.05) is 18.4 Å². The van der Waals surface area contributed by atoms with Crippen LogP contribution in [0.5, 0.6) is 5.75 Å². The van der Waals surface area contributed by atoms with Crippen molar-refractivity contribution in [2.45, 2.75) is 20.3 Å². The maximum Gasteiger partial charge on any atom is 0.118 e. The number of phenolic OH excluding ortho intramolecular Hbond substituents is 1. The highest BCUT2D eigenvalue weighted by molar-refractivity contribution is 5.56. The van der Waals surface area contributed by atoms with Crippen LogP contribution in [0.2, 0.25) is 0 Å². The molecule has 1 aromatic rings. The van der Waals surface area contributed by atoms with Gasteiger partial charge < -0.3 is 16.2 Å². The predicted molar refractivity (Wildman–Crippen MR) is 59.7 cm³/mol. The molecular weight excluding hydrogens is 176 g/mol. The Kier molecular flexibility index (Phi) is 3.77. The van der Waals surface area contributed by atoms with Gasteiger partial charge >= 0.3 is 0 Å². The van der Waals surface area contributed by atoms with Gasteiger partial charge in [0.05, 0.1) is 0 Å². The Labute approximate surface area is 84.9 Å². The summed E-state index contributed by atoms with van der Waals surface area (Å²) in [5.41, 5.74) is 8.44. The molecule has 4 N–H and O–H groups in total. The highest BCUT2D eigenvalue weighted by Crippen LogP contribution is 2.24. The quantitative estimate of drug-likeness (QED) is 0.505. The summed E-state index contributed by atoms with van der Waals surface area (Å²) in [6.45, 7) is 5.44. The first-order valence-electron chi connectivity index (χ1n) is 4.89. The number of aryl methyl sites for hydroxylation is 2. The Morgan fingerprint density at radius 2 is 2.00 bits per heavy atom. The molecule has 0 fully saturated rings. The summed E-state index contributed by atoms with van der Waals surface area (Å²) in [7, 11) is 0. The number of hydrogen-bond donors (Lipinski definition) is 3. The lowest BCUT2D eigenvalue weighted by Gasteiger charge is -2.11. The Morgan fingerprint density at radius 3 is 2.64 bits per heavy atom. The van der Waals surface area contributed by atoms with Gasteiger partial charge in [-0.15, -0.1) is 0 Å². The zero-order chi connectivity index (χ0) is 10.6. The van der Waals surface area contributed by atoms with Crippen LogP contribution in [0, 0.1) is 13.8 Å². The van der Waals surface area contributed by atoms with Gasteiger partial charge in [0.15, 0.2) is 0 Å². The molecule has 0 atom stereocenters. The predicted octanol–water partition coefficient (Wildman–Crippen LogP) is 1.77. The monoisotopic (exact) mass is 194 g/mol. The average molecular weight is 194 g/mol. The molecule has 1 rings (SSSR count). The summed E-state index contributed by atoms with van der Waals surface area (Å²) in [6.07, 6.45) is 0.958. The van der Waals surface area contributed by atoms with Crippen molar-refractivity contribution in [3.8, 4) is 5.75 Å². The van der Waals surface area contributed by atoms with Gasteiger partial charge in [-0.3, -0.25) is 0 Å². The molecule has 0 aliphatic heterocycles. The van der Waals surface area contributed by atoms with Crippen LogP contribution in [-0.4, -0.2) is 18.2 Å². The Hall–Kier alpha value is -1.22. The first kappa shape index (κ1) is 10.9. The van der Waals surface area contributed by atoms with Crippen LogP contribution in [0.15, 0.2) is 12.1 Å². The van der Waals surface area contributed by atoms with E-state index in [-0.39, 0.29) is 0 Å². The maximum absolute atomic E-state index is 9.45. The van der Waals surface area contributed by atoms with Crippen molar-refractivity contribution in [3.63, 3.8) is 0 Å². The van der Waals surface area contributed by atoms with Crippen molar-refractivity contribution in [3.05, 3.63) is 23.3 Å². The van der Waals surface area contributed by atoms with Gasteiger partial charge in [-0.05, 0) is 50.1 Å². The lowest BCUT2D eigenvalue weighted by atomic mass is 10.1. The van der Waals surface area contributed by atoms with Gasteiger partial charge in [0, 0.05) is 12.2 Å². The molecule has 1 aromatic carbocycles. The number of benzene rings is 1. The Balaban J connectivity index is 2.72. The molecule has 0 bridgehead atoms. The minimum absolute atomic E-state index is 0.354. The normalized spacial score (nSPS) is 10.2. The van der Waals surface area contributed by atoms with Crippen molar-refractivity contribution in [1.29, 1.82) is 0 Å². The second-order valence-electron chi connectivity index (χ2n) is 3.52. The first-order chi connectivity index (χ1) is 6.65. The maximum atomic E-state index is 9.45. The Bertz CT molecular complexity index is 310. The summed E-state index contributed by atoms with van der Waals surface area (Å²) in [4.78, 5) is 0. The number of phenols is 1. The minimum atomic E-state index is 0.354. The van der Waals surface area contributed by atoms with Crippen LogP contribution in [-0.2, 0) is 0 Å². The smallest absolute Gasteiger partial charge is 0.118 e. The molecule has 78 valence electrons. The Morgan fingerprint density at radius 1 is 1.29 bits per heavy atom. The van der Waals surface area contributed by atoms with Crippen LogP contribution >= 0.6 is 0 Å². The summed E-state index contributed by atoms with van der Waals surface area (Å²) < 4.78 is 0. The second kappa shape index (κ2) is 4.86. The molecule has 3 nitrogen and oxygen atoms in total. The number of anilines is 1. The van der Waals surface area contributed by atoms with Gasteiger partial charge in [-0.25, -0.2) is 0 Å². The molecule has 0 saturated heterocycles. The standard InChI is InChI=1S/C11H18N2O/c1-8-7-11(14)9(2)6-10(8)13-5-3-4-12/h6-7,13-14H,3-5,12H2,1-2H3. The van der Waals surface area contributed by atoms with Gasteiger partial charge in [0.25, 0.3) is 0 Å². The minimum Gasteiger partial charge on any atom is -0.508 e. The average Bonchev–Trinajstić information content (AvgIpc) is 2.14. The number of nitrogens with one attached hydrogen (secondary N) is 1. The molecule has 0 amide bonds. The zero-order valence-electron chi connectivity index (χ0n) is 8.80. The fourth-order valence-electron chi connectivity index (χ4n) is 1.32. The summed E-state index contributed by atoms with van der Waals surface area (Å²) >= 11 is 0. The number of aromatic hydroxyl groups is 1. The molecule has 0 aliphatic carbocycles. The molecule has 0 saturated carbocycles. The van der Waals surface area contributed by atoms with E-state index in [1.807, 2.05) is 19.9 Å². The summed E-state index contributed by atoms with van der Waals surface area (Å²) in [6, 6.07) is 3.74. The highest BCUT2D eigenvalue weighted by Gasteiger charge is 2.02. The molecule has 14 heavy (non-hydrogen) atoms. The number of nitrogens with two attached hydrogens (primary N) is 1. The van der Waals surface area contributed by atoms with Gasteiger partial charge in [-0.2, -0.15) is 0 Å². The van der Waals surface area contributed by atoms with E-state index in [2.05, 4.69) is 5.32 Å². The van der Waals surface area contributed by atoms with Gasteiger partial charge in [0.1, 0.15) is 5.75 Å². The zero-order valence-corrected chi connectivity index (χ0v) is 8.80. The molecule has 0 unspecified atom stereocenters. The third kappa shape index (κ3) is 2.64. The van der Waals surface area contributed by atoms with E-state index in [1.54, 1.807) is 6.07 Å². The van der Waals surface area contributed by atoms with Crippen LogP contribution < -0.4 is 11.1 Å². The molecule has 0 radical (unpaired) electrons. The van der Waals surface area contributed by atoms with E-state index in [4.69, 9.17) is 5.73 Å². The van der Waals surface area contributed by atoms with E-state index in [0.29, 0.717) is 12.3 Å². The topological polar surface area (TPSA) is 58.3 Å². The number of rotatable bonds is 4. The second-order valence-corrected chi connectivity index (χ2v) is 3.52. The van der Waals surface area contributed by atoms with E-state index in [9.17, 15) is 5.11 Å². The first-order valence-corrected chi connectivity index (χ1v) is 4.89. The molecule has 0 heterocycles. The molecule has 3 heteroatoms. The molecule has 0 spiro atoms. The SMILES string of the molecule is Cc1cc(NCCCN)c(C)cc1O. The van der Waals surface area contributed by atoms with Crippen LogP contribution in [0.25, 0.3) is 0 Å². The third-order valence-corrected chi connectivity index (χ3v) is 2.24. The van der Waals surface area contributed by atoms with Gasteiger partial charge in [0.2, 0.25) is 0 Å². The van der Waals surface area contributed by atoms with Crippen LogP contribution in [0.1, 0.15) is 17.5 Å². The van der Waals surface area contributed by atoms with Crippen molar-refractivity contribution >= 4 is 5.69 Å². The lowest BCUT2D eigenvalue weighted by molar-refractivity contribution is 0.471.